The van der Waals surface area contributed by atoms with E-state index in [9.17, 15) is 4.79 Å². The number of thioether (sulfide) groups is 1. The number of aliphatic carboxylic acids is 1. The molecule has 0 atom stereocenters. The van der Waals surface area contributed by atoms with Crippen LogP contribution in [0.25, 0.3) is 0 Å². The van der Waals surface area contributed by atoms with Gasteiger partial charge >= 0.3 is 5.97 Å². The van der Waals surface area contributed by atoms with Crippen LogP contribution in [0.15, 0.2) is 5.16 Å². The van der Waals surface area contributed by atoms with Gasteiger partial charge in [-0.1, -0.05) is 31.0 Å². The van der Waals surface area contributed by atoms with Crippen molar-refractivity contribution >= 4 is 17.7 Å². The molecule has 1 saturated carbocycles. The fraction of sp³-hybridized carbons (Fsp3) is 0.818. The molecule has 0 saturated heterocycles. The van der Waals surface area contributed by atoms with Crippen molar-refractivity contribution < 1.29 is 9.90 Å². The Bertz CT molecular complexity index is 390. The fourth-order valence-electron chi connectivity index (χ4n) is 2.22. The van der Waals surface area contributed by atoms with E-state index in [1.54, 1.807) is 11.8 Å². The lowest BCUT2D eigenvalue weighted by Crippen LogP contribution is -2.15. The number of carbonyl (C=O) groups is 1. The molecule has 0 bridgehead atoms. The van der Waals surface area contributed by atoms with E-state index >= 15 is 0 Å². The Balaban J connectivity index is 1.85. The van der Waals surface area contributed by atoms with Crippen molar-refractivity contribution in [1.29, 1.82) is 0 Å². The average molecular weight is 270 g/mol. The first-order chi connectivity index (χ1) is 8.77. The second-order valence-electron chi connectivity index (χ2n) is 4.54. The van der Waals surface area contributed by atoms with Crippen LogP contribution in [0.5, 0.6) is 0 Å². The molecule has 7 heteroatoms. The molecule has 100 valence electrons. The summed E-state index contributed by atoms with van der Waals surface area (Å²) in [6.45, 7) is 0. The Labute approximate surface area is 110 Å². The summed E-state index contributed by atoms with van der Waals surface area (Å²) in [5.41, 5.74) is 0. The summed E-state index contributed by atoms with van der Waals surface area (Å²) >= 11 is 1.55. The van der Waals surface area contributed by atoms with Gasteiger partial charge < -0.3 is 5.11 Å². The summed E-state index contributed by atoms with van der Waals surface area (Å²) in [6, 6.07) is 0.427. The van der Waals surface area contributed by atoms with Crippen LogP contribution in [-0.4, -0.2) is 37.0 Å². The standard InChI is InChI=1S/C11H18N4O2S/c16-10(17)7-4-8-18-11-12-13-14-15(11)9-5-2-1-3-6-9/h9H,1-8H2,(H,16,17). The molecular formula is C11H18N4O2S. The van der Waals surface area contributed by atoms with Gasteiger partial charge in [0.1, 0.15) is 0 Å². The highest BCUT2D eigenvalue weighted by atomic mass is 32.2. The van der Waals surface area contributed by atoms with Crippen LogP contribution in [0.1, 0.15) is 51.0 Å². The summed E-state index contributed by atoms with van der Waals surface area (Å²) < 4.78 is 1.92. The molecule has 1 aromatic heterocycles. The van der Waals surface area contributed by atoms with Gasteiger partial charge in [0.2, 0.25) is 5.16 Å². The first-order valence-corrected chi connectivity index (χ1v) is 7.38. The predicted molar refractivity (Wildman–Crippen MR) is 67.5 cm³/mol. The molecule has 1 aromatic rings. The van der Waals surface area contributed by atoms with Crippen molar-refractivity contribution in [3.05, 3.63) is 0 Å². The molecule has 1 N–H and O–H groups in total. The van der Waals surface area contributed by atoms with E-state index in [4.69, 9.17) is 5.11 Å². The van der Waals surface area contributed by atoms with Crippen LogP contribution >= 0.6 is 11.8 Å². The zero-order valence-corrected chi connectivity index (χ0v) is 11.1. The van der Waals surface area contributed by atoms with Crippen molar-refractivity contribution in [3.8, 4) is 0 Å². The minimum Gasteiger partial charge on any atom is -0.481 e. The van der Waals surface area contributed by atoms with Gasteiger partial charge in [-0.05, 0) is 29.7 Å². The van der Waals surface area contributed by atoms with Crippen LogP contribution in [-0.2, 0) is 4.79 Å². The third-order valence-corrected chi connectivity index (χ3v) is 4.17. The largest absolute Gasteiger partial charge is 0.481 e. The van der Waals surface area contributed by atoms with Gasteiger partial charge in [0.25, 0.3) is 0 Å². The zero-order chi connectivity index (χ0) is 12.8. The molecule has 1 aliphatic rings. The maximum Gasteiger partial charge on any atom is 0.303 e. The number of carboxylic acids is 1. The number of hydrogen-bond donors (Lipinski definition) is 1. The summed E-state index contributed by atoms with van der Waals surface area (Å²) in [5, 5.41) is 21.2. The number of carboxylic acid groups (broad SMARTS) is 1. The van der Waals surface area contributed by atoms with Crippen molar-refractivity contribution in [2.24, 2.45) is 0 Å². The van der Waals surface area contributed by atoms with Crippen LogP contribution in [0.4, 0.5) is 0 Å². The molecule has 1 aliphatic carbocycles. The van der Waals surface area contributed by atoms with Gasteiger partial charge in [0.05, 0.1) is 6.04 Å². The fourth-order valence-corrected chi connectivity index (χ4v) is 3.11. The van der Waals surface area contributed by atoms with Gasteiger partial charge in [0.15, 0.2) is 0 Å². The third-order valence-electron chi connectivity index (χ3n) is 3.15. The third kappa shape index (κ3) is 3.69. The predicted octanol–water partition coefficient (Wildman–Crippen LogP) is 2.14. The first-order valence-electron chi connectivity index (χ1n) is 6.40. The normalized spacial score (nSPS) is 16.9. The summed E-state index contributed by atoms with van der Waals surface area (Å²) in [5.74, 6) is 0.00169. The maximum atomic E-state index is 10.4. The molecule has 0 amide bonds. The number of nitrogens with zero attached hydrogens (tertiary/aromatic N) is 4. The van der Waals surface area contributed by atoms with Gasteiger partial charge in [-0.15, -0.1) is 5.10 Å². The average Bonchev–Trinajstić information content (AvgIpc) is 2.84. The molecule has 0 aliphatic heterocycles. The topological polar surface area (TPSA) is 80.9 Å². The molecule has 1 fully saturated rings. The monoisotopic (exact) mass is 270 g/mol. The van der Waals surface area contributed by atoms with E-state index in [0.29, 0.717) is 12.5 Å². The highest BCUT2D eigenvalue weighted by Gasteiger charge is 2.20. The van der Waals surface area contributed by atoms with E-state index < -0.39 is 5.97 Å². The van der Waals surface area contributed by atoms with Crippen molar-refractivity contribution in [2.45, 2.75) is 56.1 Å². The Kier molecular flexibility index (Phi) is 4.98. The minimum absolute atomic E-state index is 0.206. The van der Waals surface area contributed by atoms with Crippen LogP contribution < -0.4 is 0 Å². The number of hydrogen-bond acceptors (Lipinski definition) is 5. The van der Waals surface area contributed by atoms with E-state index in [2.05, 4.69) is 15.5 Å². The first kappa shape index (κ1) is 13.3. The zero-order valence-electron chi connectivity index (χ0n) is 10.3. The van der Waals surface area contributed by atoms with Crippen LogP contribution in [0.3, 0.4) is 0 Å². The molecule has 2 rings (SSSR count). The highest BCUT2D eigenvalue weighted by molar-refractivity contribution is 7.99. The van der Waals surface area contributed by atoms with E-state index in [1.165, 1.54) is 19.3 Å². The van der Waals surface area contributed by atoms with Gasteiger partial charge in [-0.3, -0.25) is 4.79 Å². The molecular weight excluding hydrogens is 252 g/mol. The number of aromatic nitrogens is 4. The molecule has 0 radical (unpaired) electrons. The summed E-state index contributed by atoms with van der Waals surface area (Å²) in [4.78, 5) is 10.4. The van der Waals surface area contributed by atoms with E-state index in [1.807, 2.05) is 4.68 Å². The Morgan fingerprint density at radius 2 is 2.17 bits per heavy atom. The van der Waals surface area contributed by atoms with Crippen molar-refractivity contribution in [1.82, 2.24) is 20.2 Å². The van der Waals surface area contributed by atoms with Crippen molar-refractivity contribution in [3.63, 3.8) is 0 Å². The number of tetrazole rings is 1. The summed E-state index contributed by atoms with van der Waals surface area (Å²) in [7, 11) is 0. The smallest absolute Gasteiger partial charge is 0.303 e. The Hall–Kier alpha value is -1.11. The Morgan fingerprint density at radius 1 is 1.39 bits per heavy atom. The lowest BCUT2D eigenvalue weighted by Gasteiger charge is -2.21. The van der Waals surface area contributed by atoms with Gasteiger partial charge in [-0.25, -0.2) is 4.68 Å². The second kappa shape index (κ2) is 6.72. The maximum absolute atomic E-state index is 10.4. The highest BCUT2D eigenvalue weighted by Crippen LogP contribution is 2.30. The van der Waals surface area contributed by atoms with Crippen LogP contribution in [0, 0.1) is 0 Å². The number of rotatable bonds is 6. The van der Waals surface area contributed by atoms with E-state index in [0.717, 1.165) is 23.8 Å². The lowest BCUT2D eigenvalue weighted by molar-refractivity contribution is -0.137. The van der Waals surface area contributed by atoms with Gasteiger partial charge in [-0.2, -0.15) is 0 Å². The molecule has 0 aromatic carbocycles. The van der Waals surface area contributed by atoms with Crippen LogP contribution in [0.2, 0.25) is 0 Å². The van der Waals surface area contributed by atoms with Gasteiger partial charge in [0, 0.05) is 12.2 Å². The summed E-state index contributed by atoms with van der Waals surface area (Å²) in [6.07, 6.45) is 6.94. The molecule has 0 unspecified atom stereocenters. The SMILES string of the molecule is O=C(O)CCCSc1nnnn1C1CCCCC1. The molecule has 1 heterocycles. The molecule has 0 spiro atoms. The van der Waals surface area contributed by atoms with Crippen molar-refractivity contribution in [2.75, 3.05) is 5.75 Å². The second-order valence-corrected chi connectivity index (χ2v) is 5.61. The molecule has 6 nitrogen and oxygen atoms in total. The molecule has 18 heavy (non-hydrogen) atoms. The lowest BCUT2D eigenvalue weighted by atomic mass is 9.96. The van der Waals surface area contributed by atoms with E-state index in [-0.39, 0.29) is 6.42 Å². The quantitative estimate of drug-likeness (QED) is 0.630. The Morgan fingerprint density at radius 3 is 2.89 bits per heavy atom. The minimum atomic E-state index is -0.748.